The summed E-state index contributed by atoms with van der Waals surface area (Å²) in [6, 6.07) is 16.0. The van der Waals surface area contributed by atoms with Crippen LogP contribution in [0.15, 0.2) is 53.5 Å². The van der Waals surface area contributed by atoms with Crippen LogP contribution < -0.4 is 20.1 Å². The first kappa shape index (κ1) is 22.1. The third-order valence-corrected chi connectivity index (χ3v) is 3.66. The predicted octanol–water partition coefficient (Wildman–Crippen LogP) is 3.97. The zero-order valence-electron chi connectivity index (χ0n) is 15.6. The molecule has 0 spiro atoms. The summed E-state index contributed by atoms with van der Waals surface area (Å²) in [5.41, 5.74) is 2.20. The summed E-state index contributed by atoms with van der Waals surface area (Å²) in [5, 5.41) is 6.65. The van der Waals surface area contributed by atoms with Crippen LogP contribution in [0.5, 0.6) is 11.5 Å². The number of para-hydroxylation sites is 2. The van der Waals surface area contributed by atoms with E-state index in [1.807, 2.05) is 50.2 Å². The molecule has 0 saturated heterocycles. The molecule has 0 unspecified atom stereocenters. The molecule has 2 aromatic rings. The molecule has 0 saturated carbocycles. The van der Waals surface area contributed by atoms with Crippen LogP contribution >= 0.6 is 24.0 Å². The molecule has 0 radical (unpaired) electrons. The second kappa shape index (κ2) is 12.4. The minimum absolute atomic E-state index is 0. The molecule has 0 bridgehead atoms. The molecule has 2 N–H and O–H groups in total. The van der Waals surface area contributed by atoms with Crippen LogP contribution in [0, 0.1) is 0 Å². The molecule has 0 amide bonds. The lowest BCUT2D eigenvalue weighted by molar-refractivity contribution is 0.336. The fourth-order valence-electron chi connectivity index (χ4n) is 2.47. The molecular weight excluding hydrogens is 441 g/mol. The maximum absolute atomic E-state index is 5.66. The lowest BCUT2D eigenvalue weighted by Crippen LogP contribution is -2.36. The van der Waals surface area contributed by atoms with E-state index >= 15 is 0 Å². The average Bonchev–Trinajstić information content (AvgIpc) is 2.64. The molecule has 0 aliphatic carbocycles. The van der Waals surface area contributed by atoms with Crippen molar-refractivity contribution in [3.63, 3.8) is 0 Å². The molecule has 5 nitrogen and oxygen atoms in total. The van der Waals surface area contributed by atoms with Gasteiger partial charge < -0.3 is 20.1 Å². The number of halogens is 1. The number of guanidine groups is 1. The topological polar surface area (TPSA) is 54.9 Å². The lowest BCUT2D eigenvalue weighted by Gasteiger charge is -2.15. The molecule has 0 heterocycles. The van der Waals surface area contributed by atoms with Gasteiger partial charge in [-0.1, -0.05) is 36.4 Å². The first-order valence-electron chi connectivity index (χ1n) is 8.64. The number of rotatable bonds is 8. The van der Waals surface area contributed by atoms with Crippen molar-refractivity contribution in [2.45, 2.75) is 26.9 Å². The van der Waals surface area contributed by atoms with Gasteiger partial charge in [0.25, 0.3) is 0 Å². The summed E-state index contributed by atoms with van der Waals surface area (Å²) in [5.74, 6) is 2.53. The molecular formula is C20H28IN3O2. The highest BCUT2D eigenvalue weighted by Crippen LogP contribution is 2.18. The standard InChI is InChI=1S/C20H27N3O2.HI/c1-4-24-18-12-8-6-10-16(18)14-22-20(21-3)23-15-17-11-7-9-13-19(17)25-5-2;/h6-13H,4-5,14-15H2,1-3H3,(H2,21,22,23);1H. The summed E-state index contributed by atoms with van der Waals surface area (Å²) < 4.78 is 11.3. The van der Waals surface area contributed by atoms with Gasteiger partial charge in [0.15, 0.2) is 5.96 Å². The Morgan fingerprint density at radius 2 is 1.23 bits per heavy atom. The normalized spacial score (nSPS) is 9.65. The Balaban J connectivity index is 0.00000338. The van der Waals surface area contributed by atoms with Gasteiger partial charge in [-0.15, -0.1) is 24.0 Å². The first-order valence-corrected chi connectivity index (χ1v) is 8.64. The van der Waals surface area contributed by atoms with Gasteiger partial charge in [-0.2, -0.15) is 0 Å². The van der Waals surface area contributed by atoms with Crippen molar-refractivity contribution in [2.24, 2.45) is 4.99 Å². The number of hydrogen-bond donors (Lipinski definition) is 2. The van der Waals surface area contributed by atoms with E-state index in [4.69, 9.17) is 9.47 Å². The largest absolute Gasteiger partial charge is 0.494 e. The predicted molar refractivity (Wildman–Crippen MR) is 118 cm³/mol. The van der Waals surface area contributed by atoms with Crippen LogP contribution in [-0.2, 0) is 13.1 Å². The minimum Gasteiger partial charge on any atom is -0.494 e. The van der Waals surface area contributed by atoms with E-state index in [2.05, 4.69) is 27.8 Å². The molecule has 0 aliphatic rings. The molecule has 26 heavy (non-hydrogen) atoms. The van der Waals surface area contributed by atoms with Crippen molar-refractivity contribution in [3.05, 3.63) is 59.7 Å². The van der Waals surface area contributed by atoms with Crippen molar-refractivity contribution >= 4 is 29.9 Å². The van der Waals surface area contributed by atoms with Crippen molar-refractivity contribution in [1.82, 2.24) is 10.6 Å². The second-order valence-corrected chi connectivity index (χ2v) is 5.36. The van der Waals surface area contributed by atoms with Crippen LogP contribution in [0.25, 0.3) is 0 Å². The Morgan fingerprint density at radius 1 is 0.808 bits per heavy atom. The third kappa shape index (κ3) is 6.74. The van der Waals surface area contributed by atoms with Crippen LogP contribution in [0.4, 0.5) is 0 Å². The molecule has 6 heteroatoms. The number of nitrogens with zero attached hydrogens (tertiary/aromatic N) is 1. The average molecular weight is 469 g/mol. The van der Waals surface area contributed by atoms with E-state index in [1.54, 1.807) is 7.05 Å². The zero-order chi connectivity index (χ0) is 17.9. The van der Waals surface area contributed by atoms with Crippen molar-refractivity contribution in [1.29, 1.82) is 0 Å². The quantitative estimate of drug-likeness (QED) is 0.349. The highest BCUT2D eigenvalue weighted by molar-refractivity contribution is 14.0. The fourth-order valence-corrected chi connectivity index (χ4v) is 2.47. The van der Waals surface area contributed by atoms with Crippen LogP contribution in [0.2, 0.25) is 0 Å². The van der Waals surface area contributed by atoms with Crippen LogP contribution in [0.3, 0.4) is 0 Å². The van der Waals surface area contributed by atoms with Crippen molar-refractivity contribution in [3.8, 4) is 11.5 Å². The molecule has 2 rings (SSSR count). The Bertz CT molecular complexity index is 637. The van der Waals surface area contributed by atoms with Crippen LogP contribution in [-0.4, -0.2) is 26.2 Å². The third-order valence-electron chi connectivity index (χ3n) is 3.66. The summed E-state index contributed by atoms with van der Waals surface area (Å²) in [6.07, 6.45) is 0. The molecule has 142 valence electrons. The van der Waals surface area contributed by atoms with E-state index in [-0.39, 0.29) is 24.0 Å². The van der Waals surface area contributed by atoms with Crippen LogP contribution in [0.1, 0.15) is 25.0 Å². The smallest absolute Gasteiger partial charge is 0.191 e. The van der Waals surface area contributed by atoms with Crippen molar-refractivity contribution < 1.29 is 9.47 Å². The SMILES string of the molecule is CCOc1ccccc1CNC(=NC)NCc1ccccc1OCC.I. The summed E-state index contributed by atoms with van der Waals surface area (Å²) in [7, 11) is 1.76. The number of hydrogen-bond acceptors (Lipinski definition) is 3. The van der Waals surface area contributed by atoms with Gasteiger partial charge in [-0.3, -0.25) is 4.99 Å². The highest BCUT2D eigenvalue weighted by atomic mass is 127. The van der Waals surface area contributed by atoms with Gasteiger partial charge in [-0.25, -0.2) is 0 Å². The van der Waals surface area contributed by atoms with Gasteiger partial charge in [-0.05, 0) is 26.0 Å². The first-order chi connectivity index (χ1) is 12.3. The maximum Gasteiger partial charge on any atom is 0.191 e. The Hall–Kier alpha value is -1.96. The summed E-state index contributed by atoms with van der Waals surface area (Å²) in [6.45, 7) is 6.56. The minimum atomic E-state index is 0. The Labute approximate surface area is 173 Å². The number of ether oxygens (including phenoxy) is 2. The fraction of sp³-hybridized carbons (Fsp3) is 0.350. The number of benzene rings is 2. The lowest BCUT2D eigenvalue weighted by atomic mass is 10.2. The number of aliphatic imine (C=N–C) groups is 1. The Kier molecular flexibility index (Phi) is 10.5. The van der Waals surface area contributed by atoms with Gasteiger partial charge in [0.1, 0.15) is 11.5 Å². The van der Waals surface area contributed by atoms with Crippen molar-refractivity contribution in [2.75, 3.05) is 20.3 Å². The molecule has 2 aromatic carbocycles. The van der Waals surface area contributed by atoms with E-state index in [0.717, 1.165) is 28.6 Å². The summed E-state index contributed by atoms with van der Waals surface area (Å²) in [4.78, 5) is 4.28. The van der Waals surface area contributed by atoms with E-state index in [9.17, 15) is 0 Å². The van der Waals surface area contributed by atoms with Gasteiger partial charge >= 0.3 is 0 Å². The van der Waals surface area contributed by atoms with Gasteiger partial charge in [0.2, 0.25) is 0 Å². The monoisotopic (exact) mass is 469 g/mol. The zero-order valence-corrected chi connectivity index (χ0v) is 17.9. The van der Waals surface area contributed by atoms with E-state index in [0.29, 0.717) is 26.3 Å². The second-order valence-electron chi connectivity index (χ2n) is 5.36. The van der Waals surface area contributed by atoms with E-state index < -0.39 is 0 Å². The maximum atomic E-state index is 5.66. The van der Waals surface area contributed by atoms with E-state index in [1.165, 1.54) is 0 Å². The molecule has 0 atom stereocenters. The summed E-state index contributed by atoms with van der Waals surface area (Å²) >= 11 is 0. The molecule has 0 aromatic heterocycles. The molecule has 0 aliphatic heterocycles. The van der Waals surface area contributed by atoms with Gasteiger partial charge in [0.05, 0.1) is 13.2 Å². The molecule has 0 fully saturated rings. The number of nitrogens with one attached hydrogen (secondary N) is 2. The van der Waals surface area contributed by atoms with Gasteiger partial charge in [0, 0.05) is 31.3 Å². The highest BCUT2D eigenvalue weighted by Gasteiger charge is 2.06. The Morgan fingerprint density at radius 3 is 1.62 bits per heavy atom.